The number of hydrogen-bond acceptors (Lipinski definition) is 7. The molecule has 204 valence electrons. The summed E-state index contributed by atoms with van der Waals surface area (Å²) in [6.07, 6.45) is 12.3. The number of aryl methyl sites for hydroxylation is 1. The molecule has 2 aliphatic rings. The Kier molecular flexibility index (Phi) is 10.9. The Morgan fingerprint density at radius 1 is 0.865 bits per heavy atom. The number of nitrogens with one attached hydrogen (secondary N) is 1. The normalized spacial score (nSPS) is 16.4. The van der Waals surface area contributed by atoms with Gasteiger partial charge in [-0.3, -0.25) is 0 Å². The molecule has 1 aromatic heterocycles. The van der Waals surface area contributed by atoms with Crippen molar-refractivity contribution in [3.63, 3.8) is 0 Å². The molecule has 0 unspecified atom stereocenters. The van der Waals surface area contributed by atoms with Crippen molar-refractivity contribution in [2.45, 2.75) is 70.8 Å². The lowest BCUT2D eigenvalue weighted by Crippen LogP contribution is -2.28. The first kappa shape index (κ1) is 27.6. The predicted molar refractivity (Wildman–Crippen MR) is 154 cm³/mol. The summed E-state index contributed by atoms with van der Waals surface area (Å²) >= 11 is 0. The molecule has 7 heteroatoms. The molecule has 0 radical (unpaired) electrons. The zero-order valence-corrected chi connectivity index (χ0v) is 23.5. The molecule has 1 saturated heterocycles. The van der Waals surface area contributed by atoms with E-state index in [-0.39, 0.29) is 0 Å². The number of benzene rings is 1. The van der Waals surface area contributed by atoms with Crippen LogP contribution in [-0.4, -0.2) is 80.2 Å². The first-order chi connectivity index (χ1) is 18.1. The highest BCUT2D eigenvalue weighted by Crippen LogP contribution is 2.30. The number of fused-ring (bicyclic) bond motifs is 1. The van der Waals surface area contributed by atoms with E-state index in [1.807, 2.05) is 0 Å². The maximum atomic E-state index is 5.87. The van der Waals surface area contributed by atoms with Gasteiger partial charge in [-0.2, -0.15) is 4.98 Å². The quantitative estimate of drug-likeness (QED) is 0.320. The third-order valence-corrected chi connectivity index (χ3v) is 7.49. The molecule has 37 heavy (non-hydrogen) atoms. The molecule has 2 aromatic rings. The third-order valence-electron chi connectivity index (χ3n) is 7.49. The van der Waals surface area contributed by atoms with Crippen molar-refractivity contribution in [1.29, 1.82) is 0 Å². The van der Waals surface area contributed by atoms with Crippen LogP contribution >= 0.6 is 0 Å². The van der Waals surface area contributed by atoms with Gasteiger partial charge in [0, 0.05) is 44.8 Å². The predicted octanol–water partition coefficient (Wildman–Crippen LogP) is 5.00. The van der Waals surface area contributed by atoms with E-state index in [1.54, 1.807) is 0 Å². The van der Waals surface area contributed by atoms with Crippen molar-refractivity contribution in [3.8, 4) is 5.75 Å². The molecule has 0 saturated carbocycles. The van der Waals surface area contributed by atoms with Crippen LogP contribution < -0.4 is 15.0 Å². The van der Waals surface area contributed by atoms with Crippen LogP contribution in [0.4, 0.5) is 11.8 Å². The van der Waals surface area contributed by atoms with Gasteiger partial charge >= 0.3 is 0 Å². The van der Waals surface area contributed by atoms with Crippen molar-refractivity contribution in [2.75, 3.05) is 70.7 Å². The molecule has 2 heterocycles. The SMILES string of the molecule is CN(C)CCCOc1ccc(CN(C)CCNc2nc3c(c(N4CCCCCC4)n2)CCCCC3)cc1. The van der Waals surface area contributed by atoms with Crippen LogP contribution in [0.3, 0.4) is 0 Å². The van der Waals surface area contributed by atoms with E-state index in [1.165, 1.54) is 67.6 Å². The number of aromatic nitrogens is 2. The summed E-state index contributed by atoms with van der Waals surface area (Å²) in [7, 11) is 6.36. The summed E-state index contributed by atoms with van der Waals surface area (Å²) < 4.78 is 5.87. The average Bonchev–Trinajstić information content (AvgIpc) is 3.30. The summed E-state index contributed by atoms with van der Waals surface area (Å²) in [6.45, 7) is 6.74. The Hall–Kier alpha value is -2.38. The fourth-order valence-electron chi connectivity index (χ4n) is 5.39. The first-order valence-electron chi connectivity index (χ1n) is 14.5. The van der Waals surface area contributed by atoms with Gasteiger partial charge in [0.1, 0.15) is 11.6 Å². The van der Waals surface area contributed by atoms with Crippen molar-refractivity contribution in [2.24, 2.45) is 0 Å². The monoisotopic (exact) mass is 508 g/mol. The molecule has 7 nitrogen and oxygen atoms in total. The van der Waals surface area contributed by atoms with E-state index in [2.05, 4.69) is 65.4 Å². The molecule has 0 bridgehead atoms. The van der Waals surface area contributed by atoms with E-state index in [4.69, 9.17) is 14.7 Å². The average molecular weight is 509 g/mol. The van der Waals surface area contributed by atoms with Crippen molar-refractivity contribution in [1.82, 2.24) is 19.8 Å². The fraction of sp³-hybridized carbons (Fsp3) is 0.667. The smallest absolute Gasteiger partial charge is 0.224 e. The topological polar surface area (TPSA) is 56.8 Å². The molecule has 1 N–H and O–H groups in total. The van der Waals surface area contributed by atoms with Gasteiger partial charge in [0.2, 0.25) is 5.95 Å². The summed E-state index contributed by atoms with van der Waals surface area (Å²) in [5.74, 6) is 2.98. The van der Waals surface area contributed by atoms with Crippen LogP contribution in [0.25, 0.3) is 0 Å². The van der Waals surface area contributed by atoms with E-state index in [9.17, 15) is 0 Å². The maximum absolute atomic E-state index is 5.87. The fourth-order valence-corrected chi connectivity index (χ4v) is 5.39. The zero-order valence-electron chi connectivity index (χ0n) is 23.5. The highest BCUT2D eigenvalue weighted by Gasteiger charge is 2.21. The lowest BCUT2D eigenvalue weighted by molar-refractivity contribution is 0.281. The van der Waals surface area contributed by atoms with Crippen LogP contribution in [-0.2, 0) is 19.4 Å². The van der Waals surface area contributed by atoms with Crippen LogP contribution in [0, 0.1) is 0 Å². The van der Waals surface area contributed by atoms with E-state index in [0.29, 0.717) is 0 Å². The summed E-state index contributed by atoms with van der Waals surface area (Å²) in [6, 6.07) is 8.53. The van der Waals surface area contributed by atoms with Gasteiger partial charge < -0.3 is 24.8 Å². The maximum Gasteiger partial charge on any atom is 0.224 e. The Balaban J connectivity index is 1.29. The van der Waals surface area contributed by atoms with Crippen molar-refractivity contribution < 1.29 is 4.74 Å². The van der Waals surface area contributed by atoms with Crippen LogP contribution in [0.1, 0.15) is 68.2 Å². The van der Waals surface area contributed by atoms with Gasteiger partial charge in [-0.05, 0) is 83.8 Å². The number of anilines is 2. The molecule has 1 fully saturated rings. The van der Waals surface area contributed by atoms with Gasteiger partial charge in [0.25, 0.3) is 0 Å². The van der Waals surface area contributed by atoms with Gasteiger partial charge in [-0.25, -0.2) is 4.98 Å². The minimum Gasteiger partial charge on any atom is -0.494 e. The summed E-state index contributed by atoms with van der Waals surface area (Å²) in [4.78, 5) is 17.2. The summed E-state index contributed by atoms with van der Waals surface area (Å²) in [5.41, 5.74) is 4.01. The second kappa shape index (κ2) is 14.5. The van der Waals surface area contributed by atoms with Crippen LogP contribution in [0.15, 0.2) is 24.3 Å². The lowest BCUT2D eigenvalue weighted by Gasteiger charge is -2.26. The Bertz CT molecular complexity index is 940. The molecule has 1 aliphatic heterocycles. The third kappa shape index (κ3) is 8.85. The molecule has 0 atom stereocenters. The second-order valence-corrected chi connectivity index (χ2v) is 11.1. The van der Waals surface area contributed by atoms with Gasteiger partial charge in [-0.15, -0.1) is 0 Å². The summed E-state index contributed by atoms with van der Waals surface area (Å²) in [5, 5.41) is 3.56. The molecule has 4 rings (SSSR count). The van der Waals surface area contributed by atoms with E-state index in [0.717, 1.165) is 76.8 Å². The standard InChI is InChI=1S/C30H48N6O/c1-34(2)19-11-23-37-26-16-14-25(15-17-26)24-35(3)22-18-31-30-32-28-13-8-6-7-12-27(28)29(33-30)36-20-9-4-5-10-21-36/h14-17H,4-13,18-24H2,1-3H3,(H,31,32,33). The first-order valence-corrected chi connectivity index (χ1v) is 14.5. The van der Waals surface area contributed by atoms with Crippen molar-refractivity contribution in [3.05, 3.63) is 41.1 Å². The molecule has 0 amide bonds. The minimum absolute atomic E-state index is 0.757. The van der Waals surface area contributed by atoms with E-state index < -0.39 is 0 Å². The van der Waals surface area contributed by atoms with E-state index >= 15 is 0 Å². The molecule has 1 aliphatic carbocycles. The number of likely N-dealkylation sites (N-methyl/N-ethyl adjacent to an activating group) is 1. The Morgan fingerprint density at radius 3 is 2.35 bits per heavy atom. The largest absolute Gasteiger partial charge is 0.494 e. The number of hydrogen-bond donors (Lipinski definition) is 1. The Morgan fingerprint density at radius 2 is 1.59 bits per heavy atom. The van der Waals surface area contributed by atoms with Crippen molar-refractivity contribution >= 4 is 11.8 Å². The Labute approximate surface area is 224 Å². The number of rotatable bonds is 12. The molecular weight excluding hydrogens is 460 g/mol. The molecule has 0 spiro atoms. The van der Waals surface area contributed by atoms with Crippen LogP contribution in [0.2, 0.25) is 0 Å². The number of nitrogens with zero attached hydrogens (tertiary/aromatic N) is 5. The van der Waals surface area contributed by atoms with Gasteiger partial charge in [0.05, 0.1) is 12.3 Å². The second-order valence-electron chi connectivity index (χ2n) is 11.1. The van der Waals surface area contributed by atoms with Gasteiger partial charge in [0.15, 0.2) is 0 Å². The lowest BCUT2D eigenvalue weighted by atomic mass is 10.1. The highest BCUT2D eigenvalue weighted by molar-refractivity contribution is 5.53. The minimum atomic E-state index is 0.757. The molecular formula is C30H48N6O. The number of ether oxygens (including phenoxy) is 1. The highest BCUT2D eigenvalue weighted by atomic mass is 16.5. The van der Waals surface area contributed by atoms with Gasteiger partial charge in [-0.1, -0.05) is 31.4 Å². The van der Waals surface area contributed by atoms with Crippen LogP contribution in [0.5, 0.6) is 5.75 Å². The molecule has 1 aromatic carbocycles. The zero-order chi connectivity index (χ0) is 25.9.